The van der Waals surface area contributed by atoms with E-state index in [2.05, 4.69) is 10.6 Å². The number of hydrogen-bond donors (Lipinski definition) is 3. The molecule has 0 aliphatic heterocycles. The summed E-state index contributed by atoms with van der Waals surface area (Å²) < 4.78 is 0. The Kier molecular flexibility index (Phi) is 4.53. The predicted molar refractivity (Wildman–Crippen MR) is 82.1 cm³/mol. The SMILES string of the molecule is CC(=O)Nc1ccccc1C(=O)Nc1ccccc1C(=O)O. The van der Waals surface area contributed by atoms with Gasteiger partial charge in [-0.15, -0.1) is 0 Å². The van der Waals surface area contributed by atoms with E-state index in [-0.39, 0.29) is 22.7 Å². The van der Waals surface area contributed by atoms with Gasteiger partial charge in [0.2, 0.25) is 5.91 Å². The van der Waals surface area contributed by atoms with Crippen molar-refractivity contribution >= 4 is 29.2 Å². The average Bonchev–Trinajstić information content (AvgIpc) is 2.47. The van der Waals surface area contributed by atoms with Gasteiger partial charge >= 0.3 is 5.97 Å². The molecule has 6 nitrogen and oxygen atoms in total. The summed E-state index contributed by atoms with van der Waals surface area (Å²) in [5.41, 5.74) is 0.795. The fraction of sp³-hybridized carbons (Fsp3) is 0.0625. The minimum Gasteiger partial charge on any atom is -0.478 e. The van der Waals surface area contributed by atoms with E-state index >= 15 is 0 Å². The summed E-state index contributed by atoms with van der Waals surface area (Å²) in [6.07, 6.45) is 0. The number of rotatable bonds is 4. The zero-order valence-electron chi connectivity index (χ0n) is 11.8. The van der Waals surface area contributed by atoms with Gasteiger partial charge in [0, 0.05) is 6.92 Å². The molecule has 0 atom stereocenters. The number of carbonyl (C=O) groups excluding carboxylic acids is 2. The Hall–Kier alpha value is -3.15. The van der Waals surface area contributed by atoms with Crippen LogP contribution in [0.15, 0.2) is 48.5 Å². The summed E-state index contributed by atoms with van der Waals surface area (Å²) in [7, 11) is 0. The summed E-state index contributed by atoms with van der Waals surface area (Å²) in [6, 6.07) is 12.6. The second-order valence-electron chi connectivity index (χ2n) is 4.53. The lowest BCUT2D eigenvalue weighted by molar-refractivity contribution is -0.114. The molecule has 22 heavy (non-hydrogen) atoms. The third kappa shape index (κ3) is 3.49. The lowest BCUT2D eigenvalue weighted by Gasteiger charge is -2.11. The molecule has 0 radical (unpaired) electrons. The lowest BCUT2D eigenvalue weighted by Crippen LogP contribution is -2.18. The number of aromatic carboxylic acids is 1. The smallest absolute Gasteiger partial charge is 0.337 e. The highest BCUT2D eigenvalue weighted by Gasteiger charge is 2.15. The van der Waals surface area contributed by atoms with Gasteiger partial charge in [0.15, 0.2) is 0 Å². The third-order valence-electron chi connectivity index (χ3n) is 2.89. The van der Waals surface area contributed by atoms with Crippen LogP contribution >= 0.6 is 0 Å². The minimum atomic E-state index is -1.13. The van der Waals surface area contributed by atoms with Crippen molar-refractivity contribution in [3.05, 3.63) is 59.7 Å². The van der Waals surface area contributed by atoms with Gasteiger partial charge in [-0.25, -0.2) is 4.79 Å². The molecule has 0 saturated heterocycles. The first kappa shape index (κ1) is 15.2. The molecule has 0 aliphatic rings. The monoisotopic (exact) mass is 298 g/mol. The highest BCUT2D eigenvalue weighted by molar-refractivity contribution is 6.11. The quantitative estimate of drug-likeness (QED) is 0.808. The van der Waals surface area contributed by atoms with Crippen molar-refractivity contribution in [2.24, 2.45) is 0 Å². The third-order valence-corrected chi connectivity index (χ3v) is 2.89. The highest BCUT2D eigenvalue weighted by atomic mass is 16.4. The van der Waals surface area contributed by atoms with E-state index in [1.807, 2.05) is 0 Å². The molecule has 112 valence electrons. The Bertz CT molecular complexity index is 740. The standard InChI is InChI=1S/C16H14N2O4/c1-10(19)17-13-8-4-2-6-11(13)15(20)18-14-9-5-3-7-12(14)16(21)22/h2-9H,1H3,(H,17,19)(H,18,20)(H,21,22). The van der Waals surface area contributed by atoms with Crippen LogP contribution in [-0.4, -0.2) is 22.9 Å². The Morgan fingerprint density at radius 1 is 0.818 bits per heavy atom. The minimum absolute atomic E-state index is 0.00661. The summed E-state index contributed by atoms with van der Waals surface area (Å²) in [4.78, 5) is 34.6. The van der Waals surface area contributed by atoms with E-state index in [0.29, 0.717) is 5.69 Å². The number of para-hydroxylation sites is 2. The van der Waals surface area contributed by atoms with Crippen molar-refractivity contribution in [1.82, 2.24) is 0 Å². The van der Waals surface area contributed by atoms with E-state index in [0.717, 1.165) is 0 Å². The molecular weight excluding hydrogens is 284 g/mol. The molecule has 0 spiro atoms. The number of nitrogens with one attached hydrogen (secondary N) is 2. The number of carboxylic acids is 1. The highest BCUT2D eigenvalue weighted by Crippen LogP contribution is 2.20. The van der Waals surface area contributed by atoms with Crippen molar-refractivity contribution in [3.63, 3.8) is 0 Å². The van der Waals surface area contributed by atoms with Gasteiger partial charge in [0.25, 0.3) is 5.91 Å². The van der Waals surface area contributed by atoms with Gasteiger partial charge in [-0.3, -0.25) is 9.59 Å². The molecule has 0 saturated carbocycles. The molecule has 0 bridgehead atoms. The van der Waals surface area contributed by atoms with Crippen molar-refractivity contribution in [1.29, 1.82) is 0 Å². The lowest BCUT2D eigenvalue weighted by atomic mass is 10.1. The van der Waals surface area contributed by atoms with Gasteiger partial charge in [0.05, 0.1) is 22.5 Å². The molecule has 2 rings (SSSR count). The first-order valence-electron chi connectivity index (χ1n) is 6.49. The van der Waals surface area contributed by atoms with Gasteiger partial charge < -0.3 is 15.7 Å². The molecule has 0 heterocycles. The zero-order chi connectivity index (χ0) is 16.1. The number of amides is 2. The summed E-state index contributed by atoms with van der Waals surface area (Å²) >= 11 is 0. The Morgan fingerprint density at radius 2 is 1.32 bits per heavy atom. The van der Waals surface area contributed by atoms with Gasteiger partial charge in [-0.05, 0) is 24.3 Å². The van der Waals surface area contributed by atoms with E-state index in [1.165, 1.54) is 19.1 Å². The van der Waals surface area contributed by atoms with Crippen molar-refractivity contribution < 1.29 is 19.5 Å². The first-order chi connectivity index (χ1) is 10.5. The Balaban J connectivity index is 2.31. The van der Waals surface area contributed by atoms with Crippen molar-refractivity contribution in [2.75, 3.05) is 10.6 Å². The molecule has 0 unspecified atom stereocenters. The van der Waals surface area contributed by atoms with Gasteiger partial charge in [-0.2, -0.15) is 0 Å². The average molecular weight is 298 g/mol. The second-order valence-corrected chi connectivity index (χ2v) is 4.53. The van der Waals surface area contributed by atoms with E-state index < -0.39 is 11.9 Å². The first-order valence-corrected chi connectivity index (χ1v) is 6.49. The summed E-state index contributed by atoms with van der Waals surface area (Å²) in [5, 5.41) is 14.2. The van der Waals surface area contributed by atoms with E-state index in [4.69, 9.17) is 5.11 Å². The molecule has 2 aromatic carbocycles. The molecular formula is C16H14N2O4. The summed E-state index contributed by atoms with van der Waals surface area (Å²) in [5.74, 6) is -1.93. The number of anilines is 2. The topological polar surface area (TPSA) is 95.5 Å². The molecule has 0 aliphatic carbocycles. The van der Waals surface area contributed by atoms with Crippen LogP contribution < -0.4 is 10.6 Å². The largest absolute Gasteiger partial charge is 0.478 e. The van der Waals surface area contributed by atoms with Crippen molar-refractivity contribution in [2.45, 2.75) is 6.92 Å². The number of benzene rings is 2. The van der Waals surface area contributed by atoms with Gasteiger partial charge in [0.1, 0.15) is 0 Å². The van der Waals surface area contributed by atoms with Crippen LogP contribution in [0.2, 0.25) is 0 Å². The molecule has 0 fully saturated rings. The normalized spacial score (nSPS) is 9.86. The van der Waals surface area contributed by atoms with E-state index in [9.17, 15) is 14.4 Å². The van der Waals surface area contributed by atoms with Gasteiger partial charge in [-0.1, -0.05) is 24.3 Å². The summed E-state index contributed by atoms with van der Waals surface area (Å²) in [6.45, 7) is 1.34. The number of carboxylic acid groups (broad SMARTS) is 1. The van der Waals surface area contributed by atoms with Crippen molar-refractivity contribution in [3.8, 4) is 0 Å². The fourth-order valence-electron chi connectivity index (χ4n) is 1.95. The van der Waals surface area contributed by atoms with E-state index in [1.54, 1.807) is 36.4 Å². The zero-order valence-corrected chi connectivity index (χ0v) is 11.8. The van der Waals surface area contributed by atoms with Crippen LogP contribution in [0.5, 0.6) is 0 Å². The second kappa shape index (κ2) is 6.53. The molecule has 2 aromatic rings. The van der Waals surface area contributed by atoms with Crippen LogP contribution in [0.3, 0.4) is 0 Å². The maximum absolute atomic E-state index is 12.3. The van der Waals surface area contributed by atoms with Crippen LogP contribution in [0.1, 0.15) is 27.6 Å². The molecule has 3 N–H and O–H groups in total. The number of hydrogen-bond acceptors (Lipinski definition) is 3. The van der Waals surface area contributed by atoms with Crippen LogP contribution in [0.25, 0.3) is 0 Å². The van der Waals surface area contributed by atoms with Crippen LogP contribution in [0, 0.1) is 0 Å². The molecule has 6 heteroatoms. The molecule has 2 amide bonds. The van der Waals surface area contributed by atoms with Crippen LogP contribution in [-0.2, 0) is 4.79 Å². The maximum Gasteiger partial charge on any atom is 0.337 e. The predicted octanol–water partition coefficient (Wildman–Crippen LogP) is 2.60. The Morgan fingerprint density at radius 3 is 1.86 bits per heavy atom. The maximum atomic E-state index is 12.3. The Labute approximate surface area is 126 Å². The van der Waals surface area contributed by atoms with Crippen LogP contribution in [0.4, 0.5) is 11.4 Å². The molecule has 0 aromatic heterocycles. The number of carbonyl (C=O) groups is 3. The fourth-order valence-corrected chi connectivity index (χ4v) is 1.95.